The Morgan fingerprint density at radius 1 is 0.977 bits per heavy atom. The summed E-state index contributed by atoms with van der Waals surface area (Å²) in [6, 6.07) is 21.7. The highest BCUT2D eigenvalue weighted by Crippen LogP contribution is 2.45. The Hall–Kier alpha value is -4.47. The summed E-state index contributed by atoms with van der Waals surface area (Å²) in [5, 5.41) is 4.05. The van der Waals surface area contributed by atoms with Crippen molar-refractivity contribution in [3.8, 4) is 0 Å². The summed E-state index contributed by atoms with van der Waals surface area (Å²) < 4.78 is 5.41. The van der Waals surface area contributed by atoms with Crippen molar-refractivity contribution in [2.45, 2.75) is 38.3 Å². The highest BCUT2D eigenvalue weighted by molar-refractivity contribution is 6.24. The maximum absolute atomic E-state index is 14.4. The van der Waals surface area contributed by atoms with Gasteiger partial charge in [0.25, 0.3) is 11.8 Å². The molecule has 7 rings (SSSR count). The van der Waals surface area contributed by atoms with Gasteiger partial charge in [0.15, 0.2) is 0 Å². The molecular formula is C35H37N5O4. The normalized spacial score (nSPS) is 20.3. The topological polar surface area (TPSA) is 98.0 Å². The number of aromatic amines is 1. The van der Waals surface area contributed by atoms with Crippen LogP contribution in [0.2, 0.25) is 0 Å². The predicted octanol–water partition coefficient (Wildman–Crippen LogP) is 4.84. The number of aromatic nitrogens is 1. The molecule has 3 aliphatic rings. The molecule has 0 spiro atoms. The molecule has 3 aliphatic heterocycles. The fourth-order valence-corrected chi connectivity index (χ4v) is 6.81. The van der Waals surface area contributed by atoms with Crippen LogP contribution in [-0.2, 0) is 16.0 Å². The number of amides is 4. The van der Waals surface area contributed by atoms with E-state index in [-0.39, 0.29) is 11.8 Å². The van der Waals surface area contributed by atoms with Gasteiger partial charge in [-0.2, -0.15) is 0 Å². The third kappa shape index (κ3) is 4.86. The molecule has 4 amide bonds. The maximum atomic E-state index is 14.4. The lowest BCUT2D eigenvalue weighted by Crippen LogP contribution is -2.44. The van der Waals surface area contributed by atoms with E-state index in [2.05, 4.69) is 59.4 Å². The lowest BCUT2D eigenvalue weighted by molar-refractivity contribution is -0.120. The van der Waals surface area contributed by atoms with Crippen molar-refractivity contribution < 1.29 is 19.1 Å². The largest absolute Gasteiger partial charge is 0.379 e. The molecule has 9 heteroatoms. The fraction of sp³-hybridized carbons (Fsp3) is 0.343. The number of fused-ring (bicyclic) bond motifs is 4. The number of H-pyrrole nitrogens is 1. The number of nitrogens with one attached hydrogen (secondary N) is 2. The number of para-hydroxylation sites is 2. The first-order chi connectivity index (χ1) is 21.4. The molecule has 3 aromatic carbocycles. The van der Waals surface area contributed by atoms with E-state index in [1.807, 2.05) is 18.2 Å². The molecular weight excluding hydrogens is 554 g/mol. The lowest BCUT2D eigenvalue weighted by Gasteiger charge is -2.36. The van der Waals surface area contributed by atoms with Crippen molar-refractivity contribution in [1.82, 2.24) is 20.1 Å². The number of hydrogen-bond donors (Lipinski definition) is 2. The van der Waals surface area contributed by atoms with E-state index in [0.29, 0.717) is 49.9 Å². The molecule has 4 aromatic rings. The Balaban J connectivity index is 1.23. The second-order valence-corrected chi connectivity index (χ2v) is 12.1. The van der Waals surface area contributed by atoms with E-state index < -0.39 is 18.1 Å². The van der Waals surface area contributed by atoms with E-state index in [1.165, 1.54) is 10.5 Å². The molecule has 2 N–H and O–H groups in total. The van der Waals surface area contributed by atoms with Crippen molar-refractivity contribution in [2.24, 2.45) is 0 Å². The van der Waals surface area contributed by atoms with Crippen LogP contribution >= 0.6 is 0 Å². The molecule has 1 aromatic heterocycles. The minimum Gasteiger partial charge on any atom is -0.379 e. The average Bonchev–Trinajstić information content (AvgIpc) is 3.54. The number of ether oxygens (including phenoxy) is 1. The van der Waals surface area contributed by atoms with Crippen LogP contribution in [0.25, 0.3) is 10.9 Å². The van der Waals surface area contributed by atoms with Gasteiger partial charge in [-0.3, -0.25) is 19.4 Å². The Labute approximate surface area is 256 Å². The first kappa shape index (κ1) is 28.3. The standard InChI is InChI=1S/C35H37N5O4/c1-22(2)23-11-13-24(14-12-23)32-31-27(25-7-3-5-9-28(25)37-31)21-30-34(42)40(35(43)39(30)32)29-10-6-4-8-26(29)33(41)36-15-16-38-17-19-44-20-18-38/h3-14,22,30,32,37H,15-21H2,1-2H3,(H,36,41)/t30-,32?/m1/s1. The van der Waals surface area contributed by atoms with Crippen LogP contribution in [0.1, 0.15) is 58.5 Å². The van der Waals surface area contributed by atoms with Gasteiger partial charge < -0.3 is 15.0 Å². The molecule has 0 aliphatic carbocycles. The number of carbonyl (C=O) groups excluding carboxylic acids is 3. The summed E-state index contributed by atoms with van der Waals surface area (Å²) in [5.74, 6) is -0.256. The van der Waals surface area contributed by atoms with Crippen LogP contribution in [0, 0.1) is 0 Å². The van der Waals surface area contributed by atoms with E-state index in [4.69, 9.17) is 4.74 Å². The first-order valence-electron chi connectivity index (χ1n) is 15.5. The zero-order valence-electron chi connectivity index (χ0n) is 25.1. The van der Waals surface area contributed by atoms with Crippen LogP contribution < -0.4 is 10.2 Å². The van der Waals surface area contributed by atoms with Gasteiger partial charge in [-0.15, -0.1) is 0 Å². The van der Waals surface area contributed by atoms with Crippen LogP contribution in [0.5, 0.6) is 0 Å². The Bertz CT molecular complexity index is 1720. The highest BCUT2D eigenvalue weighted by atomic mass is 16.5. The smallest absolute Gasteiger partial charge is 0.332 e. The van der Waals surface area contributed by atoms with Gasteiger partial charge in [0.05, 0.1) is 24.5 Å². The minimum atomic E-state index is -0.693. The molecule has 4 heterocycles. The molecule has 0 bridgehead atoms. The van der Waals surface area contributed by atoms with Crippen molar-refractivity contribution in [3.05, 3.63) is 101 Å². The van der Waals surface area contributed by atoms with Gasteiger partial charge in [-0.1, -0.05) is 68.4 Å². The number of hydrogen-bond acceptors (Lipinski definition) is 5. The number of nitrogens with zero attached hydrogens (tertiary/aromatic N) is 3. The summed E-state index contributed by atoms with van der Waals surface area (Å²) in [7, 11) is 0. The maximum Gasteiger partial charge on any atom is 0.332 e. The summed E-state index contributed by atoms with van der Waals surface area (Å²) in [5.41, 5.74) is 5.72. The summed E-state index contributed by atoms with van der Waals surface area (Å²) >= 11 is 0. The molecule has 0 saturated carbocycles. The number of rotatable bonds is 7. The Morgan fingerprint density at radius 3 is 2.48 bits per heavy atom. The van der Waals surface area contributed by atoms with Crippen LogP contribution in [0.4, 0.5) is 10.5 Å². The monoisotopic (exact) mass is 591 g/mol. The van der Waals surface area contributed by atoms with Crippen molar-refractivity contribution in [1.29, 1.82) is 0 Å². The van der Waals surface area contributed by atoms with E-state index in [9.17, 15) is 14.4 Å². The summed E-state index contributed by atoms with van der Waals surface area (Å²) in [6.07, 6.45) is 0.398. The van der Waals surface area contributed by atoms with Gasteiger partial charge in [0.2, 0.25) is 0 Å². The number of morpholine rings is 1. The summed E-state index contributed by atoms with van der Waals surface area (Å²) in [6.45, 7) is 8.51. The van der Waals surface area contributed by atoms with Crippen molar-refractivity contribution >= 4 is 34.4 Å². The van der Waals surface area contributed by atoms with Gasteiger partial charge in [0.1, 0.15) is 12.1 Å². The van der Waals surface area contributed by atoms with Crippen LogP contribution in [0.3, 0.4) is 0 Å². The highest BCUT2D eigenvalue weighted by Gasteiger charge is 2.53. The summed E-state index contributed by atoms with van der Waals surface area (Å²) in [4.78, 5) is 50.8. The average molecular weight is 592 g/mol. The van der Waals surface area contributed by atoms with Gasteiger partial charge in [0, 0.05) is 49.2 Å². The second kappa shape index (κ2) is 11.6. The molecule has 9 nitrogen and oxygen atoms in total. The number of urea groups is 1. The van der Waals surface area contributed by atoms with Gasteiger partial charge in [-0.25, -0.2) is 9.69 Å². The quantitative estimate of drug-likeness (QED) is 0.300. The molecule has 44 heavy (non-hydrogen) atoms. The second-order valence-electron chi connectivity index (χ2n) is 12.1. The molecule has 0 radical (unpaired) electrons. The fourth-order valence-electron chi connectivity index (χ4n) is 6.81. The number of imide groups is 1. The number of anilines is 1. The SMILES string of the molecule is CC(C)c1ccc(C2c3[nH]c4ccccc4c3C[C@@H]3C(=O)N(c4ccccc4C(=O)NCCN4CCOCC4)C(=O)N23)cc1. The molecule has 226 valence electrons. The van der Waals surface area contributed by atoms with E-state index in [1.54, 1.807) is 29.2 Å². The first-order valence-corrected chi connectivity index (χ1v) is 15.5. The van der Waals surface area contributed by atoms with Crippen molar-refractivity contribution in [2.75, 3.05) is 44.3 Å². The van der Waals surface area contributed by atoms with Gasteiger partial charge >= 0.3 is 6.03 Å². The zero-order valence-corrected chi connectivity index (χ0v) is 25.1. The number of benzene rings is 3. The van der Waals surface area contributed by atoms with Crippen LogP contribution in [0.15, 0.2) is 72.8 Å². The lowest BCUT2D eigenvalue weighted by atomic mass is 9.88. The third-order valence-electron chi connectivity index (χ3n) is 9.17. The van der Waals surface area contributed by atoms with Gasteiger partial charge in [-0.05, 0) is 40.8 Å². The molecule has 2 atom stereocenters. The minimum absolute atomic E-state index is 0.304. The predicted molar refractivity (Wildman–Crippen MR) is 169 cm³/mol. The third-order valence-corrected chi connectivity index (χ3v) is 9.17. The zero-order chi connectivity index (χ0) is 30.4. The van der Waals surface area contributed by atoms with E-state index >= 15 is 0 Å². The van der Waals surface area contributed by atoms with E-state index in [0.717, 1.165) is 40.8 Å². The Kier molecular flexibility index (Phi) is 7.43. The van der Waals surface area contributed by atoms with Crippen molar-refractivity contribution in [3.63, 3.8) is 0 Å². The molecule has 1 unspecified atom stereocenters. The Morgan fingerprint density at radius 2 is 1.70 bits per heavy atom. The van der Waals surface area contributed by atoms with Crippen LogP contribution in [-0.4, -0.2) is 78.1 Å². The number of carbonyl (C=O) groups is 3. The molecule has 2 fully saturated rings. The molecule has 2 saturated heterocycles.